The summed E-state index contributed by atoms with van der Waals surface area (Å²) >= 11 is 6.04. The van der Waals surface area contributed by atoms with Crippen LogP contribution in [-0.2, 0) is 9.53 Å². The molecule has 0 fully saturated rings. The monoisotopic (exact) mass is 369 g/mol. The van der Waals surface area contributed by atoms with Crippen LogP contribution in [0.5, 0.6) is 0 Å². The molecule has 1 unspecified atom stereocenters. The van der Waals surface area contributed by atoms with Crippen molar-refractivity contribution in [3.63, 3.8) is 0 Å². The van der Waals surface area contributed by atoms with E-state index in [1.54, 1.807) is 12.1 Å². The van der Waals surface area contributed by atoms with Crippen molar-refractivity contribution in [2.24, 2.45) is 0 Å². The lowest BCUT2D eigenvalue weighted by atomic mass is 9.91. The zero-order chi connectivity index (χ0) is 18.8. The molecule has 0 aliphatic carbocycles. The van der Waals surface area contributed by atoms with E-state index < -0.39 is 12.1 Å². The molecule has 0 spiro atoms. The fourth-order valence-corrected chi connectivity index (χ4v) is 3.25. The van der Waals surface area contributed by atoms with Gasteiger partial charge in [-0.25, -0.2) is 4.79 Å². The van der Waals surface area contributed by atoms with Crippen LogP contribution >= 0.6 is 11.6 Å². The van der Waals surface area contributed by atoms with Crippen molar-refractivity contribution in [1.29, 1.82) is 0 Å². The number of rotatable bonds is 5. The summed E-state index contributed by atoms with van der Waals surface area (Å²) in [5, 5.41) is 11.3. The Hall–Kier alpha value is -2.43. The number of fused-ring (bicyclic) bond motifs is 1. The second kappa shape index (κ2) is 7.44. The molecule has 0 amide bonds. The summed E-state index contributed by atoms with van der Waals surface area (Å²) in [7, 11) is 0. The van der Waals surface area contributed by atoms with Crippen molar-refractivity contribution < 1.29 is 14.6 Å². The summed E-state index contributed by atoms with van der Waals surface area (Å²) in [6.45, 7) is 5.46. The molecular weight excluding hydrogens is 350 g/mol. The number of carboxylic acid groups (broad SMARTS) is 1. The number of aliphatic carboxylic acids is 1. The van der Waals surface area contributed by atoms with Gasteiger partial charge in [0.2, 0.25) is 0 Å². The van der Waals surface area contributed by atoms with Crippen molar-refractivity contribution in [2.75, 3.05) is 0 Å². The average molecular weight is 370 g/mol. The lowest BCUT2D eigenvalue weighted by molar-refractivity contribution is -0.153. The fourth-order valence-electron chi connectivity index (χ4n) is 3.12. The molecule has 134 valence electrons. The average Bonchev–Trinajstić information content (AvgIpc) is 2.59. The number of halogens is 1. The standard InChI is InChI=1S/C21H20ClNO3/c1-12(2)26-20(21(24)25)18-13(3)23-17-7-5-4-6-16(17)19(18)14-8-10-15(22)11-9-14/h4-12,20H,1-3H3,(H,24,25). The van der Waals surface area contributed by atoms with E-state index in [4.69, 9.17) is 16.3 Å². The van der Waals surface area contributed by atoms with Gasteiger partial charge in [-0.3, -0.25) is 4.98 Å². The van der Waals surface area contributed by atoms with Crippen molar-refractivity contribution in [2.45, 2.75) is 33.0 Å². The smallest absolute Gasteiger partial charge is 0.337 e. The Labute approximate surface area is 157 Å². The highest BCUT2D eigenvalue weighted by molar-refractivity contribution is 6.30. The highest BCUT2D eigenvalue weighted by Gasteiger charge is 2.29. The zero-order valence-electron chi connectivity index (χ0n) is 14.9. The third kappa shape index (κ3) is 3.57. The Morgan fingerprint density at radius 1 is 1.12 bits per heavy atom. The summed E-state index contributed by atoms with van der Waals surface area (Å²) in [6.07, 6.45) is -1.34. The zero-order valence-corrected chi connectivity index (χ0v) is 15.6. The molecule has 1 N–H and O–H groups in total. The molecule has 0 saturated carbocycles. The van der Waals surface area contributed by atoms with Gasteiger partial charge in [0.1, 0.15) is 0 Å². The number of para-hydroxylation sites is 1. The van der Waals surface area contributed by atoms with E-state index in [0.29, 0.717) is 16.3 Å². The first-order valence-corrected chi connectivity index (χ1v) is 8.79. The molecule has 0 aliphatic heterocycles. The second-order valence-electron chi connectivity index (χ2n) is 6.41. The first-order valence-electron chi connectivity index (χ1n) is 8.42. The Balaban J connectivity index is 2.37. The minimum atomic E-state index is -1.10. The first-order chi connectivity index (χ1) is 12.4. The summed E-state index contributed by atoms with van der Waals surface area (Å²) < 4.78 is 5.75. The summed E-state index contributed by atoms with van der Waals surface area (Å²) in [4.78, 5) is 16.6. The van der Waals surface area contributed by atoms with Crippen molar-refractivity contribution >= 4 is 28.5 Å². The van der Waals surface area contributed by atoms with Crippen LogP contribution in [0, 0.1) is 6.92 Å². The van der Waals surface area contributed by atoms with Crippen LogP contribution in [0.4, 0.5) is 0 Å². The van der Waals surface area contributed by atoms with Crippen LogP contribution in [0.1, 0.15) is 31.2 Å². The van der Waals surface area contributed by atoms with E-state index >= 15 is 0 Å². The minimum Gasteiger partial charge on any atom is -0.479 e. The third-order valence-corrected chi connectivity index (χ3v) is 4.40. The predicted octanol–water partition coefficient (Wildman–Crippen LogP) is 5.41. The molecule has 3 rings (SSSR count). The Kier molecular flexibility index (Phi) is 5.25. The molecule has 26 heavy (non-hydrogen) atoms. The van der Waals surface area contributed by atoms with E-state index in [1.165, 1.54) is 0 Å². The highest BCUT2D eigenvalue weighted by atomic mass is 35.5. The molecule has 4 nitrogen and oxygen atoms in total. The third-order valence-electron chi connectivity index (χ3n) is 4.15. The molecular formula is C21H20ClNO3. The number of carbonyl (C=O) groups is 1. The molecule has 1 aromatic heterocycles. The van der Waals surface area contributed by atoms with Gasteiger partial charge in [0.05, 0.1) is 11.6 Å². The van der Waals surface area contributed by atoms with E-state index in [2.05, 4.69) is 4.98 Å². The number of aromatic nitrogens is 1. The van der Waals surface area contributed by atoms with Gasteiger partial charge in [-0.1, -0.05) is 41.9 Å². The Morgan fingerprint density at radius 2 is 1.77 bits per heavy atom. The number of pyridine rings is 1. The van der Waals surface area contributed by atoms with Crippen LogP contribution in [0.25, 0.3) is 22.0 Å². The highest BCUT2D eigenvalue weighted by Crippen LogP contribution is 2.38. The maximum atomic E-state index is 12.0. The normalized spacial score (nSPS) is 12.5. The van der Waals surface area contributed by atoms with Gasteiger partial charge in [-0.2, -0.15) is 0 Å². The molecule has 2 aromatic carbocycles. The van der Waals surface area contributed by atoms with Crippen LogP contribution in [-0.4, -0.2) is 22.2 Å². The Bertz CT molecular complexity index is 951. The number of hydrogen-bond acceptors (Lipinski definition) is 3. The van der Waals surface area contributed by atoms with Gasteiger partial charge in [0.15, 0.2) is 6.10 Å². The van der Waals surface area contributed by atoms with Gasteiger partial charge in [-0.15, -0.1) is 0 Å². The molecule has 1 heterocycles. The van der Waals surface area contributed by atoms with E-state index in [0.717, 1.165) is 22.0 Å². The van der Waals surface area contributed by atoms with Crippen molar-refractivity contribution in [3.8, 4) is 11.1 Å². The van der Waals surface area contributed by atoms with E-state index in [-0.39, 0.29) is 6.10 Å². The van der Waals surface area contributed by atoms with E-state index in [9.17, 15) is 9.90 Å². The second-order valence-corrected chi connectivity index (χ2v) is 6.85. The quantitative estimate of drug-likeness (QED) is 0.652. The van der Waals surface area contributed by atoms with Crippen LogP contribution in [0.2, 0.25) is 5.02 Å². The van der Waals surface area contributed by atoms with Gasteiger partial charge < -0.3 is 9.84 Å². The van der Waals surface area contributed by atoms with Crippen molar-refractivity contribution in [1.82, 2.24) is 4.98 Å². The molecule has 1 atom stereocenters. The van der Waals surface area contributed by atoms with E-state index in [1.807, 2.05) is 57.2 Å². The molecule has 0 aliphatic rings. The van der Waals surface area contributed by atoms with Crippen LogP contribution in [0.3, 0.4) is 0 Å². The van der Waals surface area contributed by atoms with Crippen molar-refractivity contribution in [3.05, 3.63) is 64.8 Å². The van der Waals surface area contributed by atoms with Gasteiger partial charge in [0.25, 0.3) is 0 Å². The lowest BCUT2D eigenvalue weighted by Crippen LogP contribution is -2.21. The first kappa shape index (κ1) is 18.4. The number of ether oxygens (including phenoxy) is 1. The number of nitrogens with zero attached hydrogens (tertiary/aromatic N) is 1. The number of aryl methyl sites for hydroxylation is 1. The summed E-state index contributed by atoms with van der Waals surface area (Å²) in [5.41, 5.74) is 3.73. The SMILES string of the molecule is Cc1nc2ccccc2c(-c2ccc(Cl)cc2)c1C(OC(C)C)C(=O)O. The number of carboxylic acids is 1. The fraction of sp³-hybridized carbons (Fsp3) is 0.238. The maximum Gasteiger partial charge on any atom is 0.337 e. The molecule has 5 heteroatoms. The summed E-state index contributed by atoms with van der Waals surface area (Å²) in [5.74, 6) is -1.03. The minimum absolute atomic E-state index is 0.236. The predicted molar refractivity (Wildman–Crippen MR) is 104 cm³/mol. The van der Waals surface area contributed by atoms with Gasteiger partial charge >= 0.3 is 5.97 Å². The number of hydrogen-bond donors (Lipinski definition) is 1. The number of benzene rings is 2. The molecule has 0 saturated heterocycles. The largest absolute Gasteiger partial charge is 0.479 e. The molecule has 0 radical (unpaired) electrons. The molecule has 0 bridgehead atoms. The lowest BCUT2D eigenvalue weighted by Gasteiger charge is -2.23. The summed E-state index contributed by atoms with van der Waals surface area (Å²) in [6, 6.07) is 15.1. The molecule has 3 aromatic rings. The topological polar surface area (TPSA) is 59.4 Å². The van der Waals surface area contributed by atoms with Gasteiger partial charge in [-0.05, 0) is 50.1 Å². The van der Waals surface area contributed by atoms with Crippen LogP contribution in [0.15, 0.2) is 48.5 Å². The Morgan fingerprint density at radius 3 is 2.38 bits per heavy atom. The van der Waals surface area contributed by atoms with Crippen LogP contribution < -0.4 is 0 Å². The van der Waals surface area contributed by atoms with Gasteiger partial charge in [0, 0.05) is 21.7 Å². The maximum absolute atomic E-state index is 12.0.